The SMILES string of the molecule is Cc1cc(CNc2ccc(Cl)c3ncccc23)ccc1F. The van der Waals surface area contributed by atoms with Crippen LogP contribution >= 0.6 is 11.6 Å². The Morgan fingerprint density at radius 2 is 2.05 bits per heavy atom. The molecule has 106 valence electrons. The highest BCUT2D eigenvalue weighted by Crippen LogP contribution is 2.28. The number of aryl methyl sites for hydroxylation is 1. The van der Waals surface area contributed by atoms with Crippen molar-refractivity contribution in [2.45, 2.75) is 13.5 Å². The van der Waals surface area contributed by atoms with E-state index in [1.807, 2.05) is 30.3 Å². The van der Waals surface area contributed by atoms with Gasteiger partial charge in [-0.1, -0.05) is 23.7 Å². The molecule has 0 aliphatic carbocycles. The van der Waals surface area contributed by atoms with E-state index >= 15 is 0 Å². The first-order valence-electron chi connectivity index (χ1n) is 6.67. The van der Waals surface area contributed by atoms with Gasteiger partial charge in [0.2, 0.25) is 0 Å². The average molecular weight is 301 g/mol. The molecule has 2 aromatic carbocycles. The second kappa shape index (κ2) is 5.70. The van der Waals surface area contributed by atoms with Crippen LogP contribution in [0.3, 0.4) is 0 Å². The first kappa shape index (κ1) is 13.8. The molecule has 0 saturated heterocycles. The predicted molar refractivity (Wildman–Crippen MR) is 85.2 cm³/mol. The third-order valence-electron chi connectivity index (χ3n) is 3.43. The summed E-state index contributed by atoms with van der Waals surface area (Å²) in [4.78, 5) is 4.30. The molecule has 3 aromatic rings. The molecule has 0 amide bonds. The molecule has 21 heavy (non-hydrogen) atoms. The molecule has 0 radical (unpaired) electrons. The van der Waals surface area contributed by atoms with Crippen LogP contribution in [0.1, 0.15) is 11.1 Å². The third-order valence-corrected chi connectivity index (χ3v) is 3.73. The van der Waals surface area contributed by atoms with Crippen molar-refractivity contribution in [2.75, 3.05) is 5.32 Å². The van der Waals surface area contributed by atoms with Crippen LogP contribution in [0.4, 0.5) is 10.1 Å². The van der Waals surface area contributed by atoms with Crippen molar-refractivity contribution < 1.29 is 4.39 Å². The molecule has 0 aliphatic rings. The number of benzene rings is 2. The zero-order valence-corrected chi connectivity index (χ0v) is 12.3. The molecule has 0 atom stereocenters. The highest BCUT2D eigenvalue weighted by molar-refractivity contribution is 6.35. The Balaban J connectivity index is 1.88. The van der Waals surface area contributed by atoms with E-state index in [1.165, 1.54) is 6.07 Å². The summed E-state index contributed by atoms with van der Waals surface area (Å²) in [5.41, 5.74) is 3.42. The Morgan fingerprint density at radius 1 is 1.19 bits per heavy atom. The molecule has 0 saturated carbocycles. The van der Waals surface area contributed by atoms with Crippen molar-refractivity contribution in [3.63, 3.8) is 0 Å². The second-order valence-electron chi connectivity index (χ2n) is 4.93. The molecule has 1 N–H and O–H groups in total. The first-order valence-corrected chi connectivity index (χ1v) is 7.05. The van der Waals surface area contributed by atoms with E-state index < -0.39 is 0 Å². The summed E-state index contributed by atoms with van der Waals surface area (Å²) in [6.07, 6.45) is 1.72. The fourth-order valence-corrected chi connectivity index (χ4v) is 2.52. The van der Waals surface area contributed by atoms with Gasteiger partial charge in [0.15, 0.2) is 0 Å². The van der Waals surface area contributed by atoms with Crippen LogP contribution in [0.25, 0.3) is 10.9 Å². The lowest BCUT2D eigenvalue weighted by atomic mass is 10.1. The summed E-state index contributed by atoms with van der Waals surface area (Å²) in [7, 11) is 0. The van der Waals surface area contributed by atoms with Crippen LogP contribution in [-0.2, 0) is 6.54 Å². The van der Waals surface area contributed by atoms with Crippen LogP contribution in [0.5, 0.6) is 0 Å². The van der Waals surface area contributed by atoms with E-state index in [1.54, 1.807) is 19.2 Å². The number of hydrogen-bond acceptors (Lipinski definition) is 2. The maximum atomic E-state index is 13.3. The number of hydrogen-bond donors (Lipinski definition) is 1. The second-order valence-corrected chi connectivity index (χ2v) is 5.34. The van der Waals surface area contributed by atoms with Crippen molar-refractivity contribution in [1.29, 1.82) is 0 Å². The number of fused-ring (bicyclic) bond motifs is 1. The van der Waals surface area contributed by atoms with Gasteiger partial charge in [-0.25, -0.2) is 4.39 Å². The van der Waals surface area contributed by atoms with Crippen molar-refractivity contribution >= 4 is 28.2 Å². The molecule has 2 nitrogen and oxygen atoms in total. The van der Waals surface area contributed by atoms with E-state index in [-0.39, 0.29) is 5.82 Å². The maximum absolute atomic E-state index is 13.3. The maximum Gasteiger partial charge on any atom is 0.126 e. The van der Waals surface area contributed by atoms with E-state index in [0.29, 0.717) is 17.1 Å². The Bertz CT molecular complexity index is 802. The standard InChI is InChI=1S/C17H14ClFN2/c1-11-9-12(4-6-15(11)19)10-21-16-7-5-14(18)17-13(16)3-2-8-20-17/h2-9,21H,10H2,1H3. The molecule has 0 aliphatic heterocycles. The van der Waals surface area contributed by atoms with E-state index in [2.05, 4.69) is 10.3 Å². The molecule has 0 spiro atoms. The number of anilines is 1. The van der Waals surface area contributed by atoms with Crippen molar-refractivity contribution in [3.8, 4) is 0 Å². The summed E-state index contributed by atoms with van der Waals surface area (Å²) in [6, 6.07) is 12.7. The minimum Gasteiger partial charge on any atom is -0.380 e. The number of rotatable bonds is 3. The number of aromatic nitrogens is 1. The molecule has 0 unspecified atom stereocenters. The Hall–Kier alpha value is -2.13. The third kappa shape index (κ3) is 2.83. The molecule has 4 heteroatoms. The minimum absolute atomic E-state index is 0.181. The average Bonchev–Trinajstić information content (AvgIpc) is 2.50. The fourth-order valence-electron chi connectivity index (χ4n) is 2.31. The van der Waals surface area contributed by atoms with E-state index in [0.717, 1.165) is 22.2 Å². The molecular formula is C17H14ClFN2. The monoisotopic (exact) mass is 300 g/mol. The van der Waals surface area contributed by atoms with Gasteiger partial charge in [0.05, 0.1) is 10.5 Å². The van der Waals surface area contributed by atoms with Gasteiger partial charge in [-0.3, -0.25) is 4.98 Å². The summed E-state index contributed by atoms with van der Waals surface area (Å²) >= 11 is 6.15. The summed E-state index contributed by atoms with van der Waals surface area (Å²) < 4.78 is 13.3. The van der Waals surface area contributed by atoms with Crippen LogP contribution in [0, 0.1) is 12.7 Å². The Kier molecular flexibility index (Phi) is 3.76. The summed E-state index contributed by atoms with van der Waals surface area (Å²) in [5, 5.41) is 4.97. The molecule has 0 bridgehead atoms. The molecule has 0 fully saturated rings. The molecular weight excluding hydrogens is 287 g/mol. The van der Waals surface area contributed by atoms with Gasteiger partial charge in [-0.2, -0.15) is 0 Å². The lowest BCUT2D eigenvalue weighted by molar-refractivity contribution is 0.617. The summed E-state index contributed by atoms with van der Waals surface area (Å²) in [5.74, 6) is -0.181. The van der Waals surface area contributed by atoms with Gasteiger partial charge < -0.3 is 5.32 Å². The Morgan fingerprint density at radius 3 is 2.86 bits per heavy atom. The van der Waals surface area contributed by atoms with Crippen molar-refractivity contribution in [3.05, 3.63) is 70.6 Å². The van der Waals surface area contributed by atoms with Crippen molar-refractivity contribution in [1.82, 2.24) is 4.98 Å². The number of nitrogens with one attached hydrogen (secondary N) is 1. The molecule has 3 rings (SSSR count). The number of pyridine rings is 1. The summed E-state index contributed by atoms with van der Waals surface area (Å²) in [6.45, 7) is 2.38. The zero-order valence-electron chi connectivity index (χ0n) is 11.5. The van der Waals surface area contributed by atoms with Crippen LogP contribution in [0.2, 0.25) is 5.02 Å². The highest BCUT2D eigenvalue weighted by atomic mass is 35.5. The van der Waals surface area contributed by atoms with Crippen LogP contribution < -0.4 is 5.32 Å². The molecule has 1 aromatic heterocycles. The van der Waals surface area contributed by atoms with Crippen LogP contribution in [0.15, 0.2) is 48.7 Å². The van der Waals surface area contributed by atoms with Gasteiger partial charge in [0.25, 0.3) is 0 Å². The smallest absolute Gasteiger partial charge is 0.126 e. The minimum atomic E-state index is -0.181. The lowest BCUT2D eigenvalue weighted by Crippen LogP contribution is -2.01. The fraction of sp³-hybridized carbons (Fsp3) is 0.118. The van der Waals surface area contributed by atoms with Crippen LogP contribution in [-0.4, -0.2) is 4.98 Å². The molecule has 1 heterocycles. The highest BCUT2D eigenvalue weighted by Gasteiger charge is 2.05. The van der Waals surface area contributed by atoms with Crippen molar-refractivity contribution in [2.24, 2.45) is 0 Å². The van der Waals surface area contributed by atoms with Gasteiger partial charge in [0, 0.05) is 23.8 Å². The van der Waals surface area contributed by atoms with Gasteiger partial charge in [0.1, 0.15) is 5.82 Å². The predicted octanol–water partition coefficient (Wildman–Crippen LogP) is 4.95. The quantitative estimate of drug-likeness (QED) is 0.740. The lowest BCUT2D eigenvalue weighted by Gasteiger charge is -2.11. The van der Waals surface area contributed by atoms with Gasteiger partial charge in [-0.15, -0.1) is 0 Å². The topological polar surface area (TPSA) is 24.9 Å². The normalized spacial score (nSPS) is 10.8. The zero-order chi connectivity index (χ0) is 14.8. The number of halogens is 2. The first-order chi connectivity index (χ1) is 10.1. The number of nitrogens with zero attached hydrogens (tertiary/aromatic N) is 1. The largest absolute Gasteiger partial charge is 0.380 e. The van der Waals surface area contributed by atoms with E-state index in [4.69, 9.17) is 11.6 Å². The van der Waals surface area contributed by atoms with E-state index in [9.17, 15) is 4.39 Å². The van der Waals surface area contributed by atoms with Gasteiger partial charge >= 0.3 is 0 Å². The Labute approximate surface area is 127 Å². The van der Waals surface area contributed by atoms with Gasteiger partial charge in [-0.05, 0) is 48.4 Å².